The van der Waals surface area contributed by atoms with Crippen LogP contribution in [0.4, 0.5) is 0 Å². The number of ether oxygens (including phenoxy) is 1. The Morgan fingerprint density at radius 1 is 1.50 bits per heavy atom. The molecule has 1 rings (SSSR count). The van der Waals surface area contributed by atoms with Crippen LogP contribution in [0.3, 0.4) is 0 Å². The average Bonchev–Trinajstić information content (AvgIpc) is 2.08. The van der Waals surface area contributed by atoms with Crippen LogP contribution < -0.4 is 9.84 Å². The maximum atomic E-state index is 10.1. The highest BCUT2D eigenvalue weighted by atomic mass is 79.9. The molecule has 6 heteroatoms. The van der Waals surface area contributed by atoms with Crippen molar-refractivity contribution in [3.63, 3.8) is 0 Å². The van der Waals surface area contributed by atoms with Gasteiger partial charge in [-0.3, -0.25) is 0 Å². The van der Waals surface area contributed by atoms with Crippen molar-refractivity contribution in [2.45, 2.75) is 0 Å². The molecule has 0 aliphatic rings. The lowest BCUT2D eigenvalue weighted by atomic mass is 10.3. The highest BCUT2D eigenvalue weighted by Gasteiger charge is 2.08. The van der Waals surface area contributed by atoms with Gasteiger partial charge in [0.15, 0.2) is 11.5 Å². The van der Waals surface area contributed by atoms with Crippen molar-refractivity contribution in [2.75, 3.05) is 6.61 Å². The first-order valence-electron chi connectivity index (χ1n) is 3.51. The minimum absolute atomic E-state index is 0.0791. The largest absolute Gasteiger partial charge is 0.546 e. The van der Waals surface area contributed by atoms with Crippen LogP contribution in [-0.4, -0.2) is 17.7 Å². The fraction of sp³-hybridized carbons (Fsp3) is 0.125. The number of carbonyl (C=O) groups is 1. The van der Waals surface area contributed by atoms with Gasteiger partial charge in [0, 0.05) is 4.47 Å². The Bertz CT molecular complexity index is 365. The van der Waals surface area contributed by atoms with Crippen LogP contribution in [0.15, 0.2) is 21.1 Å². The molecular weight excluding hydrogens is 320 g/mol. The van der Waals surface area contributed by atoms with Crippen molar-refractivity contribution in [2.24, 2.45) is 0 Å². The molecule has 0 aliphatic carbocycles. The number of aliphatic carboxylic acids is 1. The van der Waals surface area contributed by atoms with E-state index in [1.807, 2.05) is 0 Å². The van der Waals surface area contributed by atoms with Crippen LogP contribution >= 0.6 is 31.9 Å². The molecule has 1 aromatic rings. The van der Waals surface area contributed by atoms with Crippen molar-refractivity contribution in [3.8, 4) is 11.5 Å². The van der Waals surface area contributed by atoms with Crippen LogP contribution in [0.1, 0.15) is 0 Å². The zero-order chi connectivity index (χ0) is 10.7. The van der Waals surface area contributed by atoms with E-state index in [1.54, 1.807) is 6.07 Å². The van der Waals surface area contributed by atoms with Gasteiger partial charge < -0.3 is 19.7 Å². The normalized spacial score (nSPS) is 9.86. The van der Waals surface area contributed by atoms with Gasteiger partial charge in [0.25, 0.3) is 0 Å². The maximum absolute atomic E-state index is 10.1. The first-order chi connectivity index (χ1) is 6.50. The van der Waals surface area contributed by atoms with E-state index in [-0.39, 0.29) is 11.5 Å². The Hall–Kier alpha value is -0.750. The first-order valence-corrected chi connectivity index (χ1v) is 5.10. The Kier molecular flexibility index (Phi) is 3.77. The van der Waals surface area contributed by atoms with Crippen LogP contribution in [0, 0.1) is 0 Å². The highest BCUT2D eigenvalue weighted by molar-refractivity contribution is 9.11. The molecule has 0 aromatic heterocycles. The van der Waals surface area contributed by atoms with Gasteiger partial charge in [0.05, 0.1) is 10.4 Å². The van der Waals surface area contributed by atoms with Gasteiger partial charge in [-0.15, -0.1) is 0 Å². The lowest BCUT2D eigenvalue weighted by Gasteiger charge is -2.09. The van der Waals surface area contributed by atoms with Gasteiger partial charge in [-0.1, -0.05) is 15.9 Å². The maximum Gasteiger partial charge on any atom is 0.172 e. The minimum atomic E-state index is -1.35. The minimum Gasteiger partial charge on any atom is -0.546 e. The molecule has 0 unspecified atom stereocenters. The van der Waals surface area contributed by atoms with E-state index in [0.717, 1.165) is 0 Å². The van der Waals surface area contributed by atoms with Crippen molar-refractivity contribution in [3.05, 3.63) is 21.1 Å². The number of benzene rings is 1. The fourth-order valence-electron chi connectivity index (χ4n) is 0.789. The van der Waals surface area contributed by atoms with Crippen LogP contribution in [0.5, 0.6) is 11.5 Å². The summed E-state index contributed by atoms with van der Waals surface area (Å²) in [6, 6.07) is 3.07. The summed E-state index contributed by atoms with van der Waals surface area (Å²) >= 11 is 6.25. The number of halogens is 2. The third-order valence-corrected chi connectivity index (χ3v) is 2.40. The summed E-state index contributed by atoms with van der Waals surface area (Å²) < 4.78 is 5.87. The molecule has 0 amide bonds. The smallest absolute Gasteiger partial charge is 0.172 e. The second-order valence-electron chi connectivity index (χ2n) is 2.40. The third kappa shape index (κ3) is 2.88. The number of hydrogen-bond acceptors (Lipinski definition) is 4. The highest BCUT2D eigenvalue weighted by Crippen LogP contribution is 2.36. The molecule has 0 saturated carbocycles. The van der Waals surface area contributed by atoms with E-state index in [4.69, 9.17) is 4.74 Å². The summed E-state index contributed by atoms with van der Waals surface area (Å²) in [5.41, 5.74) is 0. The van der Waals surface area contributed by atoms with E-state index in [2.05, 4.69) is 31.9 Å². The summed E-state index contributed by atoms with van der Waals surface area (Å²) in [6.45, 7) is -0.601. The predicted octanol–water partition coefficient (Wildman–Crippen LogP) is 1.05. The van der Waals surface area contributed by atoms with E-state index in [1.165, 1.54) is 6.07 Å². The fourth-order valence-corrected chi connectivity index (χ4v) is 1.98. The summed E-state index contributed by atoms with van der Waals surface area (Å²) in [7, 11) is 0. The molecule has 0 spiro atoms. The zero-order valence-corrected chi connectivity index (χ0v) is 9.96. The lowest BCUT2D eigenvalue weighted by molar-refractivity contribution is -0.307. The quantitative estimate of drug-likeness (QED) is 0.902. The number of rotatable bonds is 3. The van der Waals surface area contributed by atoms with E-state index in [9.17, 15) is 15.0 Å². The Morgan fingerprint density at radius 2 is 2.14 bits per heavy atom. The second kappa shape index (κ2) is 4.65. The first kappa shape index (κ1) is 11.3. The van der Waals surface area contributed by atoms with Gasteiger partial charge in [0.2, 0.25) is 0 Å². The number of aromatic hydroxyl groups is 1. The molecule has 14 heavy (non-hydrogen) atoms. The van der Waals surface area contributed by atoms with Gasteiger partial charge >= 0.3 is 0 Å². The molecule has 4 nitrogen and oxygen atoms in total. The van der Waals surface area contributed by atoms with Gasteiger partial charge in [0.1, 0.15) is 6.61 Å². The number of carbonyl (C=O) groups excluding carboxylic acids is 1. The molecular formula is C8H5Br2O4-. The summed E-state index contributed by atoms with van der Waals surface area (Å²) in [6.07, 6.45) is 0. The average molecular weight is 325 g/mol. The van der Waals surface area contributed by atoms with Crippen molar-refractivity contribution in [1.82, 2.24) is 0 Å². The standard InChI is InChI=1S/C8H6Br2O4/c9-4-1-5(10)8(13)6(2-4)14-3-7(11)12/h1-2,13H,3H2,(H,11,12)/p-1. The van der Waals surface area contributed by atoms with Crippen molar-refractivity contribution < 1.29 is 19.7 Å². The number of hydrogen-bond donors (Lipinski definition) is 1. The molecule has 0 aliphatic heterocycles. The predicted molar refractivity (Wildman–Crippen MR) is 54.0 cm³/mol. The molecule has 0 radical (unpaired) electrons. The summed E-state index contributed by atoms with van der Waals surface area (Å²) in [4.78, 5) is 10.1. The molecule has 1 aromatic carbocycles. The molecule has 0 atom stereocenters. The van der Waals surface area contributed by atoms with Gasteiger partial charge in [-0.05, 0) is 28.1 Å². The Morgan fingerprint density at radius 3 is 2.71 bits per heavy atom. The molecule has 76 valence electrons. The number of phenolic OH excluding ortho intramolecular Hbond substituents is 1. The Labute approximate surface area is 96.8 Å². The third-order valence-electron chi connectivity index (χ3n) is 1.34. The second-order valence-corrected chi connectivity index (χ2v) is 4.17. The van der Waals surface area contributed by atoms with Crippen LogP contribution in [0.25, 0.3) is 0 Å². The Balaban J connectivity index is 2.90. The molecule has 0 heterocycles. The lowest BCUT2D eigenvalue weighted by Crippen LogP contribution is -2.28. The zero-order valence-electron chi connectivity index (χ0n) is 6.79. The SMILES string of the molecule is O=C([O-])COc1cc(Br)cc(Br)c1O. The summed E-state index contributed by atoms with van der Waals surface area (Å²) in [5.74, 6) is -1.41. The van der Waals surface area contributed by atoms with Crippen LogP contribution in [0.2, 0.25) is 0 Å². The number of carboxylic acid groups (broad SMARTS) is 1. The molecule has 0 saturated heterocycles. The monoisotopic (exact) mass is 323 g/mol. The van der Waals surface area contributed by atoms with Crippen molar-refractivity contribution >= 4 is 37.8 Å². The van der Waals surface area contributed by atoms with E-state index < -0.39 is 12.6 Å². The van der Waals surface area contributed by atoms with Gasteiger partial charge in [-0.25, -0.2) is 0 Å². The summed E-state index contributed by atoms with van der Waals surface area (Å²) in [5, 5.41) is 19.5. The van der Waals surface area contributed by atoms with Crippen molar-refractivity contribution in [1.29, 1.82) is 0 Å². The molecule has 0 fully saturated rings. The van der Waals surface area contributed by atoms with Crippen LogP contribution in [-0.2, 0) is 4.79 Å². The van der Waals surface area contributed by atoms with Gasteiger partial charge in [-0.2, -0.15) is 0 Å². The number of phenols is 1. The number of carboxylic acids is 1. The van der Waals surface area contributed by atoms with E-state index >= 15 is 0 Å². The van der Waals surface area contributed by atoms with E-state index in [0.29, 0.717) is 8.95 Å². The topological polar surface area (TPSA) is 69.6 Å². The molecule has 1 N–H and O–H groups in total. The molecule has 0 bridgehead atoms.